The van der Waals surface area contributed by atoms with Crippen molar-refractivity contribution in [1.29, 1.82) is 0 Å². The number of methoxy groups -OCH3 is 1. The molecule has 5 heteroatoms. The minimum absolute atomic E-state index is 0.0151. The Morgan fingerprint density at radius 1 is 1.53 bits per heavy atom. The van der Waals surface area contributed by atoms with Crippen LogP contribution in [-0.2, 0) is 17.9 Å². The molecule has 1 saturated carbocycles. The van der Waals surface area contributed by atoms with Crippen LogP contribution >= 0.6 is 0 Å². The van der Waals surface area contributed by atoms with Crippen LogP contribution in [0.1, 0.15) is 36.6 Å². The molecular formula is C10H17N3O2. The number of aliphatic hydroxyl groups is 1. The van der Waals surface area contributed by atoms with Gasteiger partial charge in [-0.3, -0.25) is 0 Å². The van der Waals surface area contributed by atoms with Crippen molar-refractivity contribution in [2.75, 3.05) is 13.7 Å². The van der Waals surface area contributed by atoms with Crippen LogP contribution in [0.25, 0.3) is 0 Å². The fraction of sp³-hybridized carbons (Fsp3) is 0.800. The summed E-state index contributed by atoms with van der Waals surface area (Å²) >= 11 is 0. The topological polar surface area (TPSA) is 60.2 Å². The van der Waals surface area contributed by atoms with E-state index < -0.39 is 0 Å². The second-order valence-corrected chi connectivity index (χ2v) is 3.92. The van der Waals surface area contributed by atoms with Gasteiger partial charge in [-0.15, -0.1) is 5.10 Å². The van der Waals surface area contributed by atoms with Gasteiger partial charge in [-0.2, -0.15) is 0 Å². The van der Waals surface area contributed by atoms with Gasteiger partial charge in [0, 0.05) is 13.0 Å². The first-order valence-electron chi connectivity index (χ1n) is 5.39. The maximum Gasteiger partial charge on any atom is 0.112 e. The largest absolute Gasteiger partial charge is 0.390 e. The van der Waals surface area contributed by atoms with E-state index in [0.717, 1.165) is 17.9 Å². The maximum absolute atomic E-state index is 9.18. The van der Waals surface area contributed by atoms with E-state index in [1.165, 1.54) is 19.3 Å². The predicted octanol–water partition coefficient (Wildman–Crippen LogP) is 0.684. The van der Waals surface area contributed by atoms with Crippen molar-refractivity contribution < 1.29 is 9.84 Å². The Hall–Kier alpha value is -0.940. The van der Waals surface area contributed by atoms with E-state index in [1.807, 2.05) is 4.68 Å². The van der Waals surface area contributed by atoms with E-state index in [9.17, 15) is 5.11 Å². The highest BCUT2D eigenvalue weighted by Crippen LogP contribution is 2.37. The molecule has 0 aromatic carbocycles. The Labute approximate surface area is 89.0 Å². The van der Waals surface area contributed by atoms with E-state index in [0.29, 0.717) is 12.5 Å². The molecule has 0 aliphatic heterocycles. The predicted molar refractivity (Wildman–Crippen MR) is 54.4 cm³/mol. The van der Waals surface area contributed by atoms with Crippen LogP contribution in [0.15, 0.2) is 0 Å². The molecule has 0 radical (unpaired) electrons. The molecule has 0 unspecified atom stereocenters. The molecule has 84 valence electrons. The smallest absolute Gasteiger partial charge is 0.112 e. The monoisotopic (exact) mass is 211 g/mol. The van der Waals surface area contributed by atoms with E-state index >= 15 is 0 Å². The van der Waals surface area contributed by atoms with Gasteiger partial charge in [0.1, 0.15) is 5.69 Å². The normalized spacial score (nSPS) is 16.7. The molecule has 1 fully saturated rings. The third-order valence-corrected chi connectivity index (χ3v) is 3.00. The summed E-state index contributed by atoms with van der Waals surface area (Å²) in [7, 11) is 1.67. The summed E-state index contributed by atoms with van der Waals surface area (Å²) < 4.78 is 6.90. The minimum Gasteiger partial charge on any atom is -0.390 e. The molecule has 1 aromatic rings. The molecule has 0 saturated heterocycles. The summed E-state index contributed by atoms with van der Waals surface area (Å²) in [5.74, 6) is 0.541. The maximum atomic E-state index is 9.18. The van der Waals surface area contributed by atoms with Crippen molar-refractivity contribution in [2.45, 2.75) is 38.3 Å². The Morgan fingerprint density at radius 3 is 2.87 bits per heavy atom. The lowest BCUT2D eigenvalue weighted by molar-refractivity contribution is 0.180. The fourth-order valence-electron chi connectivity index (χ4n) is 1.94. The zero-order chi connectivity index (χ0) is 10.7. The van der Waals surface area contributed by atoms with Gasteiger partial charge in [-0.25, -0.2) is 4.68 Å². The quantitative estimate of drug-likeness (QED) is 0.778. The highest BCUT2D eigenvalue weighted by Gasteiger charge is 2.27. The van der Waals surface area contributed by atoms with Crippen molar-refractivity contribution in [1.82, 2.24) is 15.0 Å². The number of ether oxygens (including phenoxy) is 1. The third-order valence-electron chi connectivity index (χ3n) is 3.00. The molecule has 1 aliphatic rings. The number of nitrogens with zero attached hydrogens (tertiary/aromatic N) is 3. The lowest BCUT2D eigenvalue weighted by Crippen LogP contribution is -2.18. The van der Waals surface area contributed by atoms with Crippen molar-refractivity contribution in [3.05, 3.63) is 11.4 Å². The van der Waals surface area contributed by atoms with Gasteiger partial charge in [-0.1, -0.05) is 11.6 Å². The molecule has 0 bridgehead atoms. The Balaban J connectivity index is 2.16. The van der Waals surface area contributed by atoms with Gasteiger partial charge in [0.15, 0.2) is 0 Å². The Bertz CT molecular complexity index is 320. The molecule has 1 heterocycles. The summed E-state index contributed by atoms with van der Waals surface area (Å²) in [6.07, 6.45) is 3.64. The van der Waals surface area contributed by atoms with Crippen LogP contribution in [-0.4, -0.2) is 33.8 Å². The molecule has 5 nitrogen and oxygen atoms in total. The molecule has 15 heavy (non-hydrogen) atoms. The summed E-state index contributed by atoms with van der Waals surface area (Å²) in [5.41, 5.74) is 1.84. The van der Waals surface area contributed by atoms with Crippen LogP contribution < -0.4 is 0 Å². The number of hydrogen-bond acceptors (Lipinski definition) is 4. The standard InChI is InChI=1S/C10H17N3O2/c1-15-6-5-13-10(8-3-2-4-8)9(7-14)11-12-13/h8,14H,2-7H2,1H3. The number of hydrogen-bond donors (Lipinski definition) is 1. The zero-order valence-electron chi connectivity index (χ0n) is 9.02. The third kappa shape index (κ3) is 2.03. The van der Waals surface area contributed by atoms with Gasteiger partial charge in [0.05, 0.1) is 25.5 Å². The second kappa shape index (κ2) is 4.72. The van der Waals surface area contributed by atoms with E-state index in [-0.39, 0.29) is 6.61 Å². The van der Waals surface area contributed by atoms with Crippen LogP contribution in [0.2, 0.25) is 0 Å². The summed E-state index contributed by atoms with van der Waals surface area (Å²) in [4.78, 5) is 0. The molecule has 2 rings (SSSR count). The molecule has 1 aromatic heterocycles. The first-order chi connectivity index (χ1) is 7.36. The number of aliphatic hydroxyl groups excluding tert-OH is 1. The molecule has 0 atom stereocenters. The average molecular weight is 211 g/mol. The van der Waals surface area contributed by atoms with Gasteiger partial charge < -0.3 is 9.84 Å². The van der Waals surface area contributed by atoms with Crippen molar-refractivity contribution in [2.24, 2.45) is 0 Å². The molecular weight excluding hydrogens is 194 g/mol. The first kappa shape index (κ1) is 10.6. The van der Waals surface area contributed by atoms with E-state index in [1.54, 1.807) is 7.11 Å². The van der Waals surface area contributed by atoms with Crippen LogP contribution in [0, 0.1) is 0 Å². The highest BCUT2D eigenvalue weighted by molar-refractivity contribution is 5.17. The highest BCUT2D eigenvalue weighted by atomic mass is 16.5. The summed E-state index contributed by atoms with van der Waals surface area (Å²) in [5, 5.41) is 17.2. The molecule has 1 N–H and O–H groups in total. The Kier molecular flexibility index (Phi) is 3.33. The van der Waals surface area contributed by atoms with Gasteiger partial charge in [0.25, 0.3) is 0 Å². The van der Waals surface area contributed by atoms with Crippen molar-refractivity contribution in [3.63, 3.8) is 0 Å². The van der Waals surface area contributed by atoms with E-state index in [2.05, 4.69) is 10.3 Å². The molecule has 1 aliphatic carbocycles. The summed E-state index contributed by atoms with van der Waals surface area (Å²) in [6.45, 7) is 1.34. The lowest BCUT2D eigenvalue weighted by Gasteiger charge is -2.26. The second-order valence-electron chi connectivity index (χ2n) is 3.92. The molecule has 0 amide bonds. The number of aromatic nitrogens is 3. The minimum atomic E-state index is -0.0151. The fourth-order valence-corrected chi connectivity index (χ4v) is 1.94. The zero-order valence-corrected chi connectivity index (χ0v) is 9.02. The van der Waals surface area contributed by atoms with Crippen molar-refractivity contribution >= 4 is 0 Å². The van der Waals surface area contributed by atoms with Crippen LogP contribution in [0.5, 0.6) is 0 Å². The van der Waals surface area contributed by atoms with Gasteiger partial charge in [-0.05, 0) is 12.8 Å². The van der Waals surface area contributed by atoms with Crippen LogP contribution in [0.3, 0.4) is 0 Å². The van der Waals surface area contributed by atoms with Crippen LogP contribution in [0.4, 0.5) is 0 Å². The van der Waals surface area contributed by atoms with Gasteiger partial charge >= 0.3 is 0 Å². The Morgan fingerprint density at radius 2 is 2.33 bits per heavy atom. The first-order valence-corrected chi connectivity index (χ1v) is 5.39. The SMILES string of the molecule is COCCn1nnc(CO)c1C1CCC1. The van der Waals surface area contributed by atoms with E-state index in [4.69, 9.17) is 4.74 Å². The summed E-state index contributed by atoms with van der Waals surface area (Å²) in [6, 6.07) is 0. The molecule has 0 spiro atoms. The number of rotatable bonds is 5. The lowest BCUT2D eigenvalue weighted by atomic mass is 9.82. The van der Waals surface area contributed by atoms with Crippen molar-refractivity contribution in [3.8, 4) is 0 Å². The van der Waals surface area contributed by atoms with Gasteiger partial charge in [0.2, 0.25) is 0 Å². The average Bonchev–Trinajstić information content (AvgIpc) is 2.56.